The topological polar surface area (TPSA) is 6.48 Å². The van der Waals surface area contributed by atoms with Crippen LogP contribution in [0.1, 0.15) is 54.4 Å². The quantitative estimate of drug-likeness (QED) is 0.422. The Hall–Kier alpha value is 0.694. The second-order valence-corrected chi connectivity index (χ2v) is 10.5. The van der Waals surface area contributed by atoms with Gasteiger partial charge in [0.1, 0.15) is 0 Å². The van der Waals surface area contributed by atoms with E-state index in [-0.39, 0.29) is 28.5 Å². The van der Waals surface area contributed by atoms with E-state index in [0.717, 1.165) is 13.1 Å². The van der Waals surface area contributed by atoms with Crippen molar-refractivity contribution in [2.75, 3.05) is 41.3 Å². The van der Waals surface area contributed by atoms with Crippen molar-refractivity contribution in [3.63, 3.8) is 0 Å². The maximum absolute atomic E-state index is 2.53. The predicted molar refractivity (Wildman–Crippen MR) is 108 cm³/mol. The molecule has 0 fully saturated rings. The molecule has 0 aliphatic heterocycles. The van der Waals surface area contributed by atoms with Gasteiger partial charge in [-0.3, -0.25) is 0 Å². The monoisotopic (exact) mass is 451 g/mol. The van der Waals surface area contributed by atoms with Crippen LogP contribution < -0.4 is 24.8 Å². The van der Waals surface area contributed by atoms with Gasteiger partial charge in [-0.1, -0.05) is 0 Å². The van der Waals surface area contributed by atoms with E-state index in [0.29, 0.717) is 17.8 Å². The molecule has 2 nitrogen and oxygen atoms in total. The summed E-state index contributed by atoms with van der Waals surface area (Å²) in [6.07, 6.45) is 2.41. The fraction of sp³-hybridized carbons (Fsp3) is 0.818. The summed E-state index contributed by atoms with van der Waals surface area (Å²) in [6.45, 7) is 16.7. The minimum atomic E-state index is 0. The van der Waals surface area contributed by atoms with Gasteiger partial charge in [-0.15, -0.1) is 0 Å². The van der Waals surface area contributed by atoms with Crippen LogP contribution in [0.25, 0.3) is 0 Å². The van der Waals surface area contributed by atoms with E-state index >= 15 is 0 Å². The fourth-order valence-corrected chi connectivity index (χ4v) is 6.03. The van der Waals surface area contributed by atoms with E-state index < -0.39 is 0 Å². The van der Waals surface area contributed by atoms with Crippen molar-refractivity contribution >= 4 is 0 Å². The van der Waals surface area contributed by atoms with Crippen LogP contribution in [0, 0.1) is 17.8 Å². The van der Waals surface area contributed by atoms with Gasteiger partial charge < -0.3 is 24.8 Å². The number of halogens is 2. The summed E-state index contributed by atoms with van der Waals surface area (Å²) >= 11 is 2.53. The van der Waals surface area contributed by atoms with Crippen molar-refractivity contribution in [1.82, 2.24) is 9.80 Å². The molecule has 1 atom stereocenters. The van der Waals surface area contributed by atoms with Crippen LogP contribution in [0.4, 0.5) is 0 Å². The third kappa shape index (κ3) is 7.16. The van der Waals surface area contributed by atoms with Gasteiger partial charge >= 0.3 is 170 Å². The van der Waals surface area contributed by atoms with E-state index in [1.165, 1.54) is 12.8 Å². The first kappa shape index (κ1) is 29.9. The number of hydrogen-bond donors (Lipinski definition) is 0. The van der Waals surface area contributed by atoms with Gasteiger partial charge in [0.05, 0.1) is 0 Å². The first-order chi connectivity index (χ1) is 11.4. The molecule has 0 aromatic rings. The molecule has 5 heteroatoms. The van der Waals surface area contributed by atoms with Crippen LogP contribution in [0.15, 0.2) is 22.3 Å². The molecule has 1 aliphatic carbocycles. The Kier molecular flexibility index (Phi) is 13.7. The molecule has 0 saturated carbocycles. The molecule has 0 saturated heterocycles. The number of allylic oxidation sites excluding steroid dienone is 3. The molecule has 0 bridgehead atoms. The zero-order valence-electron chi connectivity index (χ0n) is 19.2. The zero-order chi connectivity index (χ0) is 19.5. The molecule has 0 aromatic carbocycles. The van der Waals surface area contributed by atoms with Crippen molar-refractivity contribution in [2.24, 2.45) is 17.8 Å². The van der Waals surface area contributed by atoms with E-state index in [2.05, 4.69) is 100.0 Å². The average molecular weight is 452 g/mol. The van der Waals surface area contributed by atoms with Crippen LogP contribution in [0.5, 0.6) is 0 Å². The molecule has 0 spiro atoms. The maximum atomic E-state index is 2.53. The number of nitrogens with zero attached hydrogens (tertiary/aromatic N) is 2. The Morgan fingerprint density at radius 3 is 1.52 bits per heavy atom. The molecule has 0 N–H and O–H groups in total. The van der Waals surface area contributed by atoms with E-state index in [1.807, 2.05) is 0 Å². The molecule has 0 heterocycles. The van der Waals surface area contributed by atoms with Crippen molar-refractivity contribution in [2.45, 2.75) is 58.1 Å². The Bertz CT molecular complexity index is 522. The van der Waals surface area contributed by atoms with E-state index in [4.69, 9.17) is 0 Å². The average Bonchev–Trinajstić information content (AvgIpc) is 2.72. The Labute approximate surface area is 193 Å². The van der Waals surface area contributed by atoms with Crippen LogP contribution in [-0.4, -0.2) is 51.1 Å². The maximum Gasteiger partial charge on any atom is -1.00 e. The molecule has 27 heavy (non-hydrogen) atoms. The molecule has 1 rings (SSSR count). The summed E-state index contributed by atoms with van der Waals surface area (Å²) in [7, 11) is 8.79. The first-order valence-corrected chi connectivity index (χ1v) is 10.7. The standard InChI is InChI=1S/C22H41N2.2ClH.Ti/c1-15(2)20-18(11-13-23(7)8)21(16(3)4)22(17(5)6)19(20)12-14-24(9)10;;;/h15-17H,11-14H2,1-10H3;2*1H;/q;;;+2/p-2. The summed E-state index contributed by atoms with van der Waals surface area (Å²) in [5.41, 5.74) is 6.82. The van der Waals surface area contributed by atoms with Crippen LogP contribution >= 0.6 is 0 Å². The van der Waals surface area contributed by atoms with Gasteiger partial charge in [0.15, 0.2) is 0 Å². The third-order valence-electron chi connectivity index (χ3n) is 5.34. The Morgan fingerprint density at radius 1 is 0.741 bits per heavy atom. The molecule has 0 amide bonds. The summed E-state index contributed by atoms with van der Waals surface area (Å²) < 4.78 is 0.216. The van der Waals surface area contributed by atoms with Crippen molar-refractivity contribution in [3.05, 3.63) is 22.3 Å². The third-order valence-corrected chi connectivity index (χ3v) is 6.57. The molecular formula is C22H41Cl2N2Ti. The minimum absolute atomic E-state index is 0. The summed E-state index contributed by atoms with van der Waals surface area (Å²) in [5.74, 6) is 1.81. The van der Waals surface area contributed by atoms with Crippen LogP contribution in [0.3, 0.4) is 0 Å². The molecular weight excluding hydrogens is 411 g/mol. The Morgan fingerprint density at radius 2 is 1.19 bits per heavy atom. The fourth-order valence-electron chi connectivity index (χ4n) is 4.51. The van der Waals surface area contributed by atoms with Gasteiger partial charge in [-0.25, -0.2) is 0 Å². The van der Waals surface area contributed by atoms with Gasteiger partial charge in [0.2, 0.25) is 0 Å². The normalized spacial score (nSPS) is 20.5. The van der Waals surface area contributed by atoms with Gasteiger partial charge in [-0.05, 0) is 0 Å². The van der Waals surface area contributed by atoms with E-state index in [9.17, 15) is 0 Å². The second kappa shape index (κ2) is 12.4. The summed E-state index contributed by atoms with van der Waals surface area (Å²) in [4.78, 5) is 4.67. The van der Waals surface area contributed by atoms with Crippen LogP contribution in [0.2, 0.25) is 3.72 Å². The molecule has 1 unspecified atom stereocenters. The van der Waals surface area contributed by atoms with Gasteiger partial charge in [-0.2, -0.15) is 0 Å². The molecule has 0 aromatic heterocycles. The largest absolute Gasteiger partial charge is 1.00 e. The molecule has 0 radical (unpaired) electrons. The Balaban J connectivity index is 0. The summed E-state index contributed by atoms with van der Waals surface area (Å²) in [5, 5.41) is 0. The second-order valence-electron chi connectivity index (χ2n) is 9.20. The van der Waals surface area contributed by atoms with Gasteiger partial charge in [0.25, 0.3) is 0 Å². The summed E-state index contributed by atoms with van der Waals surface area (Å²) in [6, 6.07) is 0. The van der Waals surface area contributed by atoms with Crippen molar-refractivity contribution in [3.8, 4) is 0 Å². The van der Waals surface area contributed by atoms with E-state index in [1.54, 1.807) is 22.3 Å². The first-order valence-electron chi connectivity index (χ1n) is 9.96. The van der Waals surface area contributed by atoms with Gasteiger partial charge in [0, 0.05) is 0 Å². The SMILES string of the molecule is CC(C)C1=C(C(C)C)[C]([Ti+2])(CCN(C)C)C(C(C)C)=C1CCN(C)C.[Cl-].[Cl-]. The molecule has 157 valence electrons. The number of rotatable bonds is 9. The zero-order valence-corrected chi connectivity index (χ0v) is 22.3. The smallest absolute Gasteiger partial charge is 1.00 e. The predicted octanol–water partition coefficient (Wildman–Crippen LogP) is -0.822. The van der Waals surface area contributed by atoms with Crippen LogP contribution in [-0.2, 0) is 20.4 Å². The molecule has 1 aliphatic rings. The van der Waals surface area contributed by atoms with Crippen molar-refractivity contribution < 1.29 is 45.2 Å². The number of hydrogen-bond acceptors (Lipinski definition) is 2. The van der Waals surface area contributed by atoms with Crippen molar-refractivity contribution in [1.29, 1.82) is 0 Å². The minimum Gasteiger partial charge on any atom is -1.00 e.